The zero-order valence-electron chi connectivity index (χ0n) is 11.5. The SMILES string of the molecule is CC1CCCN(C(=O)c2cc(F)c(Br)c(S(N)(=O)=O)c2)C1. The van der Waals surface area contributed by atoms with Crippen LogP contribution >= 0.6 is 15.9 Å². The van der Waals surface area contributed by atoms with E-state index in [1.165, 1.54) is 0 Å². The zero-order valence-corrected chi connectivity index (χ0v) is 13.9. The Morgan fingerprint density at radius 3 is 2.71 bits per heavy atom. The van der Waals surface area contributed by atoms with Crippen LogP contribution < -0.4 is 5.14 Å². The van der Waals surface area contributed by atoms with Gasteiger partial charge in [-0.25, -0.2) is 17.9 Å². The number of benzene rings is 1. The van der Waals surface area contributed by atoms with Crippen molar-refractivity contribution >= 4 is 31.9 Å². The van der Waals surface area contributed by atoms with Crippen molar-refractivity contribution in [2.45, 2.75) is 24.7 Å². The van der Waals surface area contributed by atoms with Crippen molar-refractivity contribution in [1.29, 1.82) is 0 Å². The van der Waals surface area contributed by atoms with Crippen LogP contribution in [0, 0.1) is 11.7 Å². The summed E-state index contributed by atoms with van der Waals surface area (Å²) in [6.07, 6.45) is 1.93. The van der Waals surface area contributed by atoms with Crippen LogP contribution in [0.15, 0.2) is 21.5 Å². The van der Waals surface area contributed by atoms with Crippen LogP contribution in [0.25, 0.3) is 0 Å². The fourth-order valence-electron chi connectivity index (χ4n) is 2.45. The summed E-state index contributed by atoms with van der Waals surface area (Å²) in [7, 11) is -4.11. The van der Waals surface area contributed by atoms with E-state index < -0.39 is 20.7 Å². The highest BCUT2D eigenvalue weighted by atomic mass is 79.9. The van der Waals surface area contributed by atoms with E-state index >= 15 is 0 Å². The summed E-state index contributed by atoms with van der Waals surface area (Å²) in [4.78, 5) is 13.6. The summed E-state index contributed by atoms with van der Waals surface area (Å²) in [6, 6.07) is 2.14. The van der Waals surface area contributed by atoms with Crippen molar-refractivity contribution in [3.05, 3.63) is 28.0 Å². The van der Waals surface area contributed by atoms with Gasteiger partial charge < -0.3 is 4.90 Å². The first-order chi connectivity index (χ1) is 9.70. The number of amides is 1. The molecule has 2 N–H and O–H groups in total. The maximum absolute atomic E-state index is 13.8. The maximum atomic E-state index is 13.8. The lowest BCUT2D eigenvalue weighted by Crippen LogP contribution is -2.39. The highest BCUT2D eigenvalue weighted by Crippen LogP contribution is 2.27. The fraction of sp³-hybridized carbons (Fsp3) is 0.462. The van der Waals surface area contributed by atoms with E-state index in [2.05, 4.69) is 15.9 Å². The molecule has 1 atom stereocenters. The standard InChI is InChI=1S/C13H16BrFN2O3S/c1-8-3-2-4-17(7-8)13(18)9-5-10(15)12(14)11(6-9)21(16,19)20/h5-6,8H,2-4,7H2,1H3,(H2,16,19,20). The highest BCUT2D eigenvalue weighted by molar-refractivity contribution is 9.10. The fourth-order valence-corrected chi connectivity index (χ4v) is 4.00. The number of sulfonamides is 1. The van der Waals surface area contributed by atoms with Crippen molar-refractivity contribution in [2.75, 3.05) is 13.1 Å². The van der Waals surface area contributed by atoms with Crippen LogP contribution in [0.5, 0.6) is 0 Å². The first-order valence-electron chi connectivity index (χ1n) is 6.51. The second kappa shape index (κ2) is 6.02. The summed E-state index contributed by atoms with van der Waals surface area (Å²) in [5.74, 6) is -0.825. The van der Waals surface area contributed by atoms with Crippen molar-refractivity contribution in [3.8, 4) is 0 Å². The molecule has 0 bridgehead atoms. The Morgan fingerprint density at radius 2 is 2.14 bits per heavy atom. The zero-order chi connectivity index (χ0) is 15.8. The molecule has 1 unspecified atom stereocenters. The van der Waals surface area contributed by atoms with Crippen molar-refractivity contribution < 1.29 is 17.6 Å². The molecule has 8 heteroatoms. The normalized spacial score (nSPS) is 19.6. The van der Waals surface area contributed by atoms with Gasteiger partial charge in [0.25, 0.3) is 5.91 Å². The summed E-state index contributed by atoms with van der Waals surface area (Å²) >= 11 is 2.85. The third-order valence-corrected chi connectivity index (χ3v) is 5.50. The van der Waals surface area contributed by atoms with Crippen molar-refractivity contribution in [3.63, 3.8) is 0 Å². The molecule has 1 aliphatic heterocycles. The van der Waals surface area contributed by atoms with Crippen LogP contribution in [-0.2, 0) is 10.0 Å². The topological polar surface area (TPSA) is 80.5 Å². The largest absolute Gasteiger partial charge is 0.338 e. The monoisotopic (exact) mass is 378 g/mol. The van der Waals surface area contributed by atoms with Gasteiger partial charge in [-0.3, -0.25) is 4.79 Å². The van der Waals surface area contributed by atoms with Crippen LogP contribution in [0.1, 0.15) is 30.1 Å². The lowest BCUT2D eigenvalue weighted by atomic mass is 9.99. The molecule has 0 spiro atoms. The second-order valence-electron chi connectivity index (χ2n) is 5.31. The van der Waals surface area contributed by atoms with Crippen LogP contribution in [0.2, 0.25) is 0 Å². The van der Waals surface area contributed by atoms with E-state index in [-0.39, 0.29) is 15.9 Å². The van der Waals surface area contributed by atoms with Crippen LogP contribution in [-0.4, -0.2) is 32.3 Å². The summed E-state index contributed by atoms with van der Waals surface area (Å²) in [6.45, 7) is 3.21. The number of primary sulfonamides is 1. The Labute approximate surface area is 131 Å². The number of halogens is 2. The van der Waals surface area contributed by atoms with Gasteiger partial charge >= 0.3 is 0 Å². The highest BCUT2D eigenvalue weighted by Gasteiger charge is 2.25. The second-order valence-corrected chi connectivity index (χ2v) is 7.64. The minimum atomic E-state index is -4.11. The van der Waals surface area contributed by atoms with Crippen molar-refractivity contribution in [2.24, 2.45) is 11.1 Å². The van der Waals surface area contributed by atoms with Gasteiger partial charge in [0.1, 0.15) is 5.82 Å². The number of hydrogen-bond acceptors (Lipinski definition) is 3. The van der Waals surface area contributed by atoms with Gasteiger partial charge in [0.2, 0.25) is 10.0 Å². The molecule has 1 saturated heterocycles. The molecule has 0 radical (unpaired) electrons. The predicted molar refractivity (Wildman–Crippen MR) is 79.8 cm³/mol. The van der Waals surface area contributed by atoms with Gasteiger partial charge in [-0.2, -0.15) is 0 Å². The molecule has 0 saturated carbocycles. The van der Waals surface area contributed by atoms with Gasteiger partial charge in [-0.15, -0.1) is 0 Å². The summed E-state index contributed by atoms with van der Waals surface area (Å²) < 4.78 is 36.5. The number of hydrogen-bond donors (Lipinski definition) is 1. The number of carbonyl (C=O) groups is 1. The van der Waals surface area contributed by atoms with Crippen LogP contribution in [0.3, 0.4) is 0 Å². The van der Waals surface area contributed by atoms with E-state index in [1.807, 2.05) is 6.92 Å². The first-order valence-corrected chi connectivity index (χ1v) is 8.85. The molecule has 1 heterocycles. The average Bonchev–Trinajstić information content (AvgIpc) is 2.39. The molecular weight excluding hydrogens is 363 g/mol. The molecule has 1 amide bonds. The molecule has 1 aromatic rings. The van der Waals surface area contributed by atoms with Gasteiger partial charge in [0.05, 0.1) is 9.37 Å². The van der Waals surface area contributed by atoms with E-state index in [1.54, 1.807) is 4.90 Å². The Balaban J connectivity index is 2.40. The number of rotatable bonds is 2. The Kier molecular flexibility index (Phi) is 4.69. The summed E-state index contributed by atoms with van der Waals surface area (Å²) in [5.41, 5.74) is -0.00572. The Hall–Kier alpha value is -0.990. The van der Waals surface area contributed by atoms with Gasteiger partial charge in [0, 0.05) is 18.7 Å². The molecule has 5 nitrogen and oxygen atoms in total. The molecule has 116 valence electrons. The van der Waals surface area contributed by atoms with E-state index in [9.17, 15) is 17.6 Å². The summed E-state index contributed by atoms with van der Waals surface area (Å²) in [5, 5.41) is 5.05. The molecule has 0 aliphatic carbocycles. The minimum Gasteiger partial charge on any atom is -0.338 e. The van der Waals surface area contributed by atoms with Gasteiger partial charge in [0.15, 0.2) is 0 Å². The molecule has 21 heavy (non-hydrogen) atoms. The maximum Gasteiger partial charge on any atom is 0.254 e. The first kappa shape index (κ1) is 16.4. The molecule has 2 rings (SSSR count). The van der Waals surface area contributed by atoms with Gasteiger partial charge in [-0.05, 0) is 46.8 Å². The quantitative estimate of drug-likeness (QED) is 0.855. The van der Waals surface area contributed by atoms with E-state index in [0.29, 0.717) is 19.0 Å². The van der Waals surface area contributed by atoms with E-state index in [4.69, 9.17) is 5.14 Å². The Bertz CT molecular complexity index is 678. The number of carbonyl (C=O) groups excluding carboxylic acids is 1. The average molecular weight is 379 g/mol. The number of nitrogens with zero attached hydrogens (tertiary/aromatic N) is 1. The molecular formula is C13H16BrFN2O3S. The lowest BCUT2D eigenvalue weighted by molar-refractivity contribution is 0.0682. The van der Waals surface area contributed by atoms with Crippen LogP contribution in [0.4, 0.5) is 4.39 Å². The smallest absolute Gasteiger partial charge is 0.254 e. The minimum absolute atomic E-state index is 0.00572. The number of piperidine rings is 1. The molecule has 1 aliphatic rings. The van der Waals surface area contributed by atoms with E-state index in [0.717, 1.165) is 25.0 Å². The molecule has 1 fully saturated rings. The number of nitrogens with two attached hydrogens (primary N) is 1. The molecule has 0 aromatic heterocycles. The lowest BCUT2D eigenvalue weighted by Gasteiger charge is -2.31. The third-order valence-electron chi connectivity index (χ3n) is 3.49. The predicted octanol–water partition coefficient (Wildman–Crippen LogP) is 2.11. The van der Waals surface area contributed by atoms with Gasteiger partial charge in [-0.1, -0.05) is 6.92 Å². The van der Waals surface area contributed by atoms with Crippen molar-refractivity contribution in [1.82, 2.24) is 4.90 Å². The number of likely N-dealkylation sites (tertiary alicyclic amines) is 1. The molecule has 1 aromatic carbocycles. The Morgan fingerprint density at radius 1 is 1.48 bits per heavy atom. The third kappa shape index (κ3) is 3.61.